The van der Waals surface area contributed by atoms with Gasteiger partial charge in [0.2, 0.25) is 5.91 Å². The highest BCUT2D eigenvalue weighted by Gasteiger charge is 2.47. The minimum Gasteiger partial charge on any atom is -0.427 e. The third-order valence-corrected chi connectivity index (χ3v) is 6.28. The average molecular weight is 444 g/mol. The summed E-state index contributed by atoms with van der Waals surface area (Å²) in [5.41, 5.74) is 2.53. The SMILES string of the molecule is CC1=C(c2ccc(F)cc2)N(Cc2ccccc2)C(=O)C1(C)CCC(=O)Oc1ccccc1. The van der Waals surface area contributed by atoms with Gasteiger partial charge >= 0.3 is 5.97 Å². The van der Waals surface area contributed by atoms with Gasteiger partial charge in [-0.05, 0) is 73.4 Å². The van der Waals surface area contributed by atoms with E-state index in [-0.39, 0.29) is 24.1 Å². The Kier molecular flexibility index (Phi) is 6.40. The number of esters is 1. The molecule has 0 spiro atoms. The lowest BCUT2D eigenvalue weighted by atomic mass is 9.79. The molecule has 0 fully saturated rings. The van der Waals surface area contributed by atoms with Gasteiger partial charge in [-0.1, -0.05) is 48.5 Å². The Labute approximate surface area is 193 Å². The van der Waals surface area contributed by atoms with Crippen LogP contribution in [0.5, 0.6) is 5.75 Å². The highest BCUT2D eigenvalue weighted by molar-refractivity contribution is 6.00. The van der Waals surface area contributed by atoms with Crippen LogP contribution in [0.2, 0.25) is 0 Å². The zero-order valence-electron chi connectivity index (χ0n) is 18.8. The molecular weight excluding hydrogens is 417 g/mol. The van der Waals surface area contributed by atoms with Crippen LogP contribution in [0.25, 0.3) is 5.70 Å². The van der Waals surface area contributed by atoms with Gasteiger partial charge in [-0.25, -0.2) is 4.39 Å². The van der Waals surface area contributed by atoms with Gasteiger partial charge in [0.1, 0.15) is 11.6 Å². The molecule has 0 radical (unpaired) electrons. The third kappa shape index (κ3) is 4.72. The van der Waals surface area contributed by atoms with Crippen LogP contribution in [0.4, 0.5) is 4.39 Å². The normalized spacial score (nSPS) is 18.0. The first-order valence-corrected chi connectivity index (χ1v) is 11.0. The Balaban J connectivity index is 1.61. The first-order valence-electron chi connectivity index (χ1n) is 11.0. The first kappa shape index (κ1) is 22.5. The molecule has 0 aliphatic carbocycles. The van der Waals surface area contributed by atoms with Gasteiger partial charge in [0, 0.05) is 6.42 Å². The molecule has 0 saturated carbocycles. The third-order valence-electron chi connectivity index (χ3n) is 6.28. The number of rotatable bonds is 7. The van der Waals surface area contributed by atoms with Crippen LogP contribution in [-0.2, 0) is 16.1 Å². The number of hydrogen-bond donors (Lipinski definition) is 0. The highest BCUT2D eigenvalue weighted by Crippen LogP contribution is 2.47. The van der Waals surface area contributed by atoms with E-state index in [9.17, 15) is 14.0 Å². The molecule has 1 atom stereocenters. The van der Waals surface area contributed by atoms with Crippen molar-refractivity contribution in [3.8, 4) is 5.75 Å². The van der Waals surface area contributed by atoms with Crippen molar-refractivity contribution in [1.82, 2.24) is 4.90 Å². The van der Waals surface area contributed by atoms with Crippen molar-refractivity contribution in [3.05, 3.63) is 107 Å². The molecule has 1 heterocycles. The minimum atomic E-state index is -0.867. The molecule has 4 rings (SSSR count). The number of hydrogen-bond acceptors (Lipinski definition) is 3. The van der Waals surface area contributed by atoms with Crippen LogP contribution in [0.15, 0.2) is 90.5 Å². The fourth-order valence-corrected chi connectivity index (χ4v) is 4.24. The lowest BCUT2D eigenvalue weighted by Gasteiger charge is -2.26. The van der Waals surface area contributed by atoms with Crippen LogP contribution < -0.4 is 4.74 Å². The topological polar surface area (TPSA) is 46.6 Å². The molecule has 0 aromatic heterocycles. The molecule has 0 N–H and O–H groups in total. The van der Waals surface area contributed by atoms with Crippen molar-refractivity contribution in [3.63, 3.8) is 0 Å². The van der Waals surface area contributed by atoms with Crippen molar-refractivity contribution < 1.29 is 18.7 Å². The van der Waals surface area contributed by atoms with Crippen LogP contribution in [0, 0.1) is 11.2 Å². The summed E-state index contributed by atoms with van der Waals surface area (Å²) in [6.07, 6.45) is 0.420. The maximum Gasteiger partial charge on any atom is 0.311 e. The standard InChI is InChI=1S/C28H26FNO3/c1-20-26(22-13-15-23(29)16-14-22)30(19-21-9-5-3-6-10-21)27(32)28(20,2)18-17-25(31)33-24-11-7-4-8-12-24/h3-16H,17-19H2,1-2H3. The fraction of sp³-hybridized carbons (Fsp3) is 0.214. The number of halogens is 1. The van der Waals surface area contributed by atoms with Gasteiger partial charge in [-0.15, -0.1) is 0 Å². The number of benzene rings is 3. The Bertz CT molecular complexity index is 1170. The quantitative estimate of drug-likeness (QED) is 0.333. The second kappa shape index (κ2) is 9.41. The molecule has 4 nitrogen and oxygen atoms in total. The number of carbonyl (C=O) groups excluding carboxylic acids is 2. The predicted octanol–water partition coefficient (Wildman–Crippen LogP) is 5.99. The molecule has 3 aromatic carbocycles. The van der Waals surface area contributed by atoms with Crippen molar-refractivity contribution in [2.45, 2.75) is 33.2 Å². The average Bonchev–Trinajstić information content (AvgIpc) is 3.01. The summed E-state index contributed by atoms with van der Waals surface area (Å²) in [5.74, 6) is -0.304. The molecule has 1 amide bonds. The minimum absolute atomic E-state index is 0.0734. The van der Waals surface area contributed by atoms with E-state index in [4.69, 9.17) is 4.74 Å². The van der Waals surface area contributed by atoms with Gasteiger partial charge in [-0.3, -0.25) is 9.59 Å². The van der Waals surface area contributed by atoms with Crippen molar-refractivity contribution in [2.75, 3.05) is 0 Å². The first-order chi connectivity index (χ1) is 15.9. The summed E-state index contributed by atoms with van der Waals surface area (Å²) in [7, 11) is 0. The molecule has 1 aliphatic heterocycles. The Morgan fingerprint density at radius 3 is 2.18 bits per heavy atom. The molecule has 1 unspecified atom stereocenters. The summed E-state index contributed by atoms with van der Waals surface area (Å²) in [6.45, 7) is 4.19. The second-order valence-corrected chi connectivity index (χ2v) is 8.48. The van der Waals surface area contributed by atoms with Crippen molar-refractivity contribution in [1.29, 1.82) is 0 Å². The Hall–Kier alpha value is -3.73. The number of para-hydroxylation sites is 1. The van der Waals surface area contributed by atoms with Crippen LogP contribution in [-0.4, -0.2) is 16.8 Å². The molecule has 0 saturated heterocycles. The van der Waals surface area contributed by atoms with E-state index in [2.05, 4.69) is 0 Å². The van der Waals surface area contributed by atoms with E-state index in [1.165, 1.54) is 12.1 Å². The molecule has 5 heteroatoms. The van der Waals surface area contributed by atoms with Gasteiger partial charge in [0.25, 0.3) is 0 Å². The summed E-state index contributed by atoms with van der Waals surface area (Å²) in [6, 6.07) is 24.8. The molecular formula is C28H26FNO3. The Morgan fingerprint density at radius 2 is 1.55 bits per heavy atom. The molecule has 1 aliphatic rings. The van der Waals surface area contributed by atoms with Crippen LogP contribution >= 0.6 is 0 Å². The Morgan fingerprint density at radius 1 is 0.939 bits per heavy atom. The predicted molar refractivity (Wildman–Crippen MR) is 125 cm³/mol. The smallest absolute Gasteiger partial charge is 0.311 e. The van der Waals surface area contributed by atoms with E-state index < -0.39 is 5.41 Å². The highest BCUT2D eigenvalue weighted by atomic mass is 19.1. The number of ether oxygens (including phenoxy) is 1. The number of carbonyl (C=O) groups is 2. The molecule has 33 heavy (non-hydrogen) atoms. The largest absolute Gasteiger partial charge is 0.427 e. The van der Waals surface area contributed by atoms with Crippen molar-refractivity contribution in [2.24, 2.45) is 5.41 Å². The zero-order chi connectivity index (χ0) is 23.4. The van der Waals surface area contributed by atoms with Gasteiger partial charge in [-0.2, -0.15) is 0 Å². The van der Waals surface area contributed by atoms with E-state index in [0.29, 0.717) is 18.7 Å². The summed E-state index contributed by atoms with van der Waals surface area (Å²) in [5, 5.41) is 0. The summed E-state index contributed by atoms with van der Waals surface area (Å²) < 4.78 is 19.0. The molecule has 0 bridgehead atoms. The van der Waals surface area contributed by atoms with E-state index in [0.717, 1.165) is 22.4 Å². The molecule has 3 aromatic rings. The van der Waals surface area contributed by atoms with Crippen molar-refractivity contribution >= 4 is 17.6 Å². The maximum absolute atomic E-state index is 13.7. The van der Waals surface area contributed by atoms with E-state index in [1.54, 1.807) is 41.3 Å². The molecule has 168 valence electrons. The van der Waals surface area contributed by atoms with Gasteiger partial charge in [0.15, 0.2) is 0 Å². The van der Waals surface area contributed by atoms with Gasteiger partial charge < -0.3 is 9.64 Å². The van der Waals surface area contributed by atoms with E-state index >= 15 is 0 Å². The summed E-state index contributed by atoms with van der Waals surface area (Å²) in [4.78, 5) is 28.0. The van der Waals surface area contributed by atoms with Crippen LogP contribution in [0.3, 0.4) is 0 Å². The number of amides is 1. The van der Waals surface area contributed by atoms with Crippen LogP contribution in [0.1, 0.15) is 37.8 Å². The van der Waals surface area contributed by atoms with E-state index in [1.807, 2.05) is 50.2 Å². The number of nitrogens with zero attached hydrogens (tertiary/aromatic N) is 1. The fourth-order valence-electron chi connectivity index (χ4n) is 4.24. The second-order valence-electron chi connectivity index (χ2n) is 8.48. The summed E-state index contributed by atoms with van der Waals surface area (Å²) >= 11 is 0. The zero-order valence-corrected chi connectivity index (χ0v) is 18.8. The lowest BCUT2D eigenvalue weighted by molar-refractivity contribution is -0.137. The van der Waals surface area contributed by atoms with Gasteiger partial charge in [0.05, 0.1) is 17.7 Å². The monoisotopic (exact) mass is 443 g/mol. The maximum atomic E-state index is 13.7. The lowest BCUT2D eigenvalue weighted by Crippen LogP contribution is -2.35.